The maximum atomic E-state index is 12.6. The first-order valence-electron chi connectivity index (χ1n) is 9.22. The molecule has 0 unspecified atom stereocenters. The van der Waals surface area contributed by atoms with Crippen molar-refractivity contribution in [3.8, 4) is 0 Å². The highest BCUT2D eigenvalue weighted by atomic mass is 16.8. The van der Waals surface area contributed by atoms with Gasteiger partial charge >= 0.3 is 17.7 Å². The lowest BCUT2D eigenvalue weighted by Gasteiger charge is -2.24. The molecule has 0 saturated heterocycles. The van der Waals surface area contributed by atoms with E-state index in [0.717, 1.165) is 5.56 Å². The van der Waals surface area contributed by atoms with Crippen molar-refractivity contribution in [1.82, 2.24) is 0 Å². The molecule has 1 aliphatic rings. The summed E-state index contributed by atoms with van der Waals surface area (Å²) in [5.41, 5.74) is 0.933. The molecular formula is C20H26O8. The molecule has 28 heavy (non-hydrogen) atoms. The van der Waals surface area contributed by atoms with Crippen molar-refractivity contribution in [2.45, 2.75) is 26.1 Å². The fraction of sp³-hybridized carbons (Fsp3) is 0.500. The number of rotatable bonds is 12. The van der Waals surface area contributed by atoms with Gasteiger partial charge in [-0.3, -0.25) is 0 Å². The molecule has 1 aliphatic heterocycles. The molecular weight excluding hydrogens is 368 g/mol. The summed E-state index contributed by atoms with van der Waals surface area (Å²) in [7, 11) is 0. The number of carbonyl (C=O) groups excluding carboxylic acids is 2. The molecule has 0 spiro atoms. The van der Waals surface area contributed by atoms with E-state index in [1.54, 1.807) is 0 Å². The van der Waals surface area contributed by atoms with E-state index in [9.17, 15) is 9.59 Å². The average molecular weight is 394 g/mol. The van der Waals surface area contributed by atoms with Gasteiger partial charge in [-0.1, -0.05) is 30.3 Å². The van der Waals surface area contributed by atoms with Crippen LogP contribution in [0.3, 0.4) is 0 Å². The topological polar surface area (TPSA) is 89.5 Å². The van der Waals surface area contributed by atoms with E-state index in [2.05, 4.69) is 0 Å². The van der Waals surface area contributed by atoms with Crippen molar-refractivity contribution in [3.05, 3.63) is 47.9 Å². The van der Waals surface area contributed by atoms with E-state index < -0.39 is 17.7 Å². The van der Waals surface area contributed by atoms with Crippen LogP contribution in [0.2, 0.25) is 0 Å². The van der Waals surface area contributed by atoms with Gasteiger partial charge < -0.3 is 28.4 Å². The molecule has 0 aromatic heterocycles. The number of esters is 2. The van der Waals surface area contributed by atoms with Crippen LogP contribution in [0.25, 0.3) is 0 Å². The Labute approximate surface area is 164 Å². The number of carbonyl (C=O) groups is 2. The van der Waals surface area contributed by atoms with Gasteiger partial charge in [0.05, 0.1) is 13.2 Å². The summed E-state index contributed by atoms with van der Waals surface area (Å²) in [5.74, 6) is -3.99. The van der Waals surface area contributed by atoms with Crippen LogP contribution in [-0.4, -0.2) is 57.4 Å². The maximum Gasteiger partial charge on any atom is 0.452 e. The van der Waals surface area contributed by atoms with Gasteiger partial charge in [-0.25, -0.2) is 9.59 Å². The molecule has 8 heteroatoms. The SMILES string of the molecule is CCOCCOC(=O)C1(C(=O)OCCOCC)OC=C(Cc2ccccc2)O1. The van der Waals surface area contributed by atoms with Crippen molar-refractivity contribution in [2.24, 2.45) is 0 Å². The maximum absolute atomic E-state index is 12.6. The van der Waals surface area contributed by atoms with Crippen LogP contribution in [0.5, 0.6) is 0 Å². The van der Waals surface area contributed by atoms with E-state index in [4.69, 9.17) is 28.4 Å². The van der Waals surface area contributed by atoms with Crippen LogP contribution in [0.1, 0.15) is 19.4 Å². The summed E-state index contributed by atoms with van der Waals surface area (Å²) in [5, 5.41) is 0. The van der Waals surface area contributed by atoms with Crippen molar-refractivity contribution in [2.75, 3.05) is 39.6 Å². The highest BCUT2D eigenvalue weighted by molar-refractivity contribution is 6.02. The molecule has 1 aromatic rings. The Morgan fingerprint density at radius 1 is 0.893 bits per heavy atom. The average Bonchev–Trinajstić information content (AvgIpc) is 3.14. The summed E-state index contributed by atoms with van der Waals surface area (Å²) in [6.45, 7) is 4.92. The zero-order valence-corrected chi connectivity index (χ0v) is 16.2. The van der Waals surface area contributed by atoms with E-state index in [1.807, 2.05) is 44.2 Å². The predicted octanol–water partition coefficient (Wildman–Crippen LogP) is 1.97. The zero-order chi connectivity index (χ0) is 20.2. The normalized spacial score (nSPS) is 14.6. The molecule has 0 aliphatic carbocycles. The van der Waals surface area contributed by atoms with Crippen LogP contribution in [0.4, 0.5) is 0 Å². The van der Waals surface area contributed by atoms with Crippen LogP contribution >= 0.6 is 0 Å². The Kier molecular flexibility index (Phi) is 8.77. The Morgan fingerprint density at radius 2 is 1.46 bits per heavy atom. The van der Waals surface area contributed by atoms with E-state index in [-0.39, 0.29) is 26.4 Å². The van der Waals surface area contributed by atoms with Gasteiger partial charge in [0.15, 0.2) is 0 Å². The molecule has 0 N–H and O–H groups in total. The second kappa shape index (κ2) is 11.3. The van der Waals surface area contributed by atoms with Gasteiger partial charge in [0.25, 0.3) is 0 Å². The van der Waals surface area contributed by atoms with E-state index >= 15 is 0 Å². The first kappa shape index (κ1) is 21.7. The number of hydrogen-bond donors (Lipinski definition) is 0. The first-order valence-corrected chi connectivity index (χ1v) is 9.22. The van der Waals surface area contributed by atoms with E-state index in [1.165, 1.54) is 6.26 Å². The van der Waals surface area contributed by atoms with Crippen LogP contribution in [0.15, 0.2) is 42.4 Å². The highest BCUT2D eigenvalue weighted by Crippen LogP contribution is 2.30. The van der Waals surface area contributed by atoms with Crippen molar-refractivity contribution in [1.29, 1.82) is 0 Å². The Bertz CT molecular complexity index is 631. The van der Waals surface area contributed by atoms with Gasteiger partial charge in [-0.05, 0) is 19.4 Å². The molecule has 0 bridgehead atoms. The number of ether oxygens (including phenoxy) is 6. The van der Waals surface area contributed by atoms with Crippen LogP contribution in [-0.2, 0) is 44.4 Å². The summed E-state index contributed by atoms with van der Waals surface area (Å²) >= 11 is 0. The van der Waals surface area contributed by atoms with Crippen LogP contribution < -0.4 is 0 Å². The fourth-order valence-corrected chi connectivity index (χ4v) is 2.38. The lowest BCUT2D eigenvalue weighted by atomic mass is 10.1. The summed E-state index contributed by atoms with van der Waals surface area (Å²) in [6.07, 6.45) is 1.58. The predicted molar refractivity (Wildman–Crippen MR) is 98.0 cm³/mol. The largest absolute Gasteiger partial charge is 0.457 e. The minimum Gasteiger partial charge on any atom is -0.457 e. The van der Waals surface area contributed by atoms with Gasteiger partial charge in [0.1, 0.15) is 25.2 Å². The van der Waals surface area contributed by atoms with Crippen LogP contribution in [0, 0.1) is 0 Å². The molecule has 0 fully saturated rings. The molecule has 154 valence electrons. The van der Waals surface area contributed by atoms with Gasteiger partial charge in [-0.2, -0.15) is 0 Å². The Balaban J connectivity index is 2.02. The first-order chi connectivity index (χ1) is 13.6. The lowest BCUT2D eigenvalue weighted by Crippen LogP contribution is -2.50. The zero-order valence-electron chi connectivity index (χ0n) is 16.2. The quantitative estimate of drug-likeness (QED) is 0.302. The van der Waals surface area contributed by atoms with Crippen molar-refractivity contribution in [3.63, 3.8) is 0 Å². The molecule has 1 aromatic carbocycles. The second-order valence-electron chi connectivity index (χ2n) is 5.75. The third kappa shape index (κ3) is 5.97. The molecule has 8 nitrogen and oxygen atoms in total. The standard InChI is InChI=1S/C20H26O8/c1-3-23-10-12-25-18(21)20(19(22)26-13-11-24-4-2)27-15-17(28-20)14-16-8-6-5-7-9-16/h5-9,15H,3-4,10-14H2,1-2H3. The minimum atomic E-state index is -2.32. The number of hydrogen-bond acceptors (Lipinski definition) is 8. The smallest absolute Gasteiger partial charge is 0.452 e. The Hall–Kier alpha value is -2.58. The number of benzene rings is 1. The second-order valence-corrected chi connectivity index (χ2v) is 5.75. The summed E-state index contributed by atoms with van der Waals surface area (Å²) in [4.78, 5) is 25.1. The molecule has 0 radical (unpaired) electrons. The summed E-state index contributed by atoms with van der Waals surface area (Å²) < 4.78 is 31.4. The molecule has 2 rings (SSSR count). The van der Waals surface area contributed by atoms with Crippen molar-refractivity contribution < 1.29 is 38.0 Å². The van der Waals surface area contributed by atoms with Gasteiger partial charge in [-0.15, -0.1) is 0 Å². The highest BCUT2D eigenvalue weighted by Gasteiger charge is 2.58. The lowest BCUT2D eigenvalue weighted by molar-refractivity contribution is -0.220. The summed E-state index contributed by atoms with van der Waals surface area (Å²) in [6, 6.07) is 9.43. The van der Waals surface area contributed by atoms with Gasteiger partial charge in [0, 0.05) is 19.6 Å². The molecule has 0 amide bonds. The fourth-order valence-electron chi connectivity index (χ4n) is 2.38. The molecule has 0 atom stereocenters. The third-order valence-electron chi connectivity index (χ3n) is 3.72. The monoisotopic (exact) mass is 394 g/mol. The van der Waals surface area contributed by atoms with E-state index in [0.29, 0.717) is 25.4 Å². The van der Waals surface area contributed by atoms with Crippen molar-refractivity contribution >= 4 is 11.9 Å². The Morgan fingerprint density at radius 3 is 2.00 bits per heavy atom. The molecule has 0 saturated carbocycles. The van der Waals surface area contributed by atoms with Gasteiger partial charge in [0.2, 0.25) is 0 Å². The minimum absolute atomic E-state index is 0.0403. The third-order valence-corrected chi connectivity index (χ3v) is 3.72. The number of allylic oxidation sites excluding steroid dienone is 1. The molecule has 1 heterocycles.